The fraction of sp³-hybridized carbons (Fsp3) is 0.300. The van der Waals surface area contributed by atoms with Gasteiger partial charge in [-0.05, 0) is 37.3 Å². The van der Waals surface area contributed by atoms with E-state index in [0.29, 0.717) is 30.0 Å². The van der Waals surface area contributed by atoms with Crippen molar-refractivity contribution in [2.24, 2.45) is 0 Å². The minimum absolute atomic E-state index is 0.0426. The highest BCUT2D eigenvalue weighted by molar-refractivity contribution is 7.89. The number of anilines is 2. The van der Waals surface area contributed by atoms with Gasteiger partial charge in [-0.3, -0.25) is 9.59 Å². The van der Waals surface area contributed by atoms with E-state index in [0.717, 1.165) is 0 Å². The van der Waals surface area contributed by atoms with Crippen LogP contribution in [0.4, 0.5) is 11.4 Å². The summed E-state index contributed by atoms with van der Waals surface area (Å²) in [6.45, 7) is 5.76. The minimum Gasteiger partial charge on any atom is -0.376 e. The van der Waals surface area contributed by atoms with Crippen LogP contribution < -0.4 is 10.6 Å². The van der Waals surface area contributed by atoms with Gasteiger partial charge in [-0.1, -0.05) is 32.0 Å². The molecule has 2 aromatic carbocycles. The number of sulfonamides is 1. The number of carbonyl (C=O) groups is 2. The van der Waals surface area contributed by atoms with E-state index in [-0.39, 0.29) is 23.1 Å². The number of ketones is 1. The van der Waals surface area contributed by atoms with Gasteiger partial charge in [0.25, 0.3) is 0 Å². The van der Waals surface area contributed by atoms with Gasteiger partial charge in [0, 0.05) is 30.0 Å². The van der Waals surface area contributed by atoms with Gasteiger partial charge in [-0.25, -0.2) is 8.42 Å². The lowest BCUT2D eigenvalue weighted by atomic mass is 10.1. The van der Waals surface area contributed by atoms with Crippen LogP contribution in [0.3, 0.4) is 0 Å². The van der Waals surface area contributed by atoms with Gasteiger partial charge in [0.2, 0.25) is 15.9 Å². The van der Waals surface area contributed by atoms with Crippen LogP contribution in [-0.2, 0) is 14.8 Å². The van der Waals surface area contributed by atoms with Gasteiger partial charge in [0.05, 0.1) is 11.4 Å². The average molecular weight is 404 g/mol. The summed E-state index contributed by atoms with van der Waals surface area (Å²) in [6.07, 6.45) is 0. The second-order valence-electron chi connectivity index (χ2n) is 6.16. The maximum atomic E-state index is 12.6. The Morgan fingerprint density at radius 1 is 0.964 bits per heavy atom. The third-order valence-electron chi connectivity index (χ3n) is 4.18. The summed E-state index contributed by atoms with van der Waals surface area (Å²) >= 11 is 0. The van der Waals surface area contributed by atoms with Gasteiger partial charge in [0.15, 0.2) is 5.78 Å². The Morgan fingerprint density at radius 3 is 2.25 bits per heavy atom. The SMILES string of the molecule is CCN(CC)S(=O)(=O)c1cccc(NCC(=O)Nc2cccc(C(C)=O)c2)c1. The molecule has 0 saturated carbocycles. The van der Waals surface area contributed by atoms with Crippen LogP contribution in [-0.4, -0.2) is 44.0 Å². The van der Waals surface area contributed by atoms with Crippen molar-refractivity contribution in [3.63, 3.8) is 0 Å². The lowest BCUT2D eigenvalue weighted by Crippen LogP contribution is -2.30. The molecule has 28 heavy (non-hydrogen) atoms. The highest BCUT2D eigenvalue weighted by atomic mass is 32.2. The van der Waals surface area contributed by atoms with Crippen molar-refractivity contribution in [3.05, 3.63) is 54.1 Å². The summed E-state index contributed by atoms with van der Waals surface area (Å²) in [5.41, 5.74) is 1.57. The predicted molar refractivity (Wildman–Crippen MR) is 110 cm³/mol. The number of benzene rings is 2. The van der Waals surface area contributed by atoms with E-state index < -0.39 is 10.0 Å². The fourth-order valence-electron chi connectivity index (χ4n) is 2.68. The minimum atomic E-state index is -3.56. The van der Waals surface area contributed by atoms with E-state index in [1.165, 1.54) is 23.4 Å². The largest absolute Gasteiger partial charge is 0.376 e. The van der Waals surface area contributed by atoms with Crippen LogP contribution in [0.15, 0.2) is 53.4 Å². The van der Waals surface area contributed by atoms with E-state index in [2.05, 4.69) is 10.6 Å². The van der Waals surface area contributed by atoms with E-state index in [1.807, 2.05) is 0 Å². The number of hydrogen-bond acceptors (Lipinski definition) is 5. The summed E-state index contributed by atoms with van der Waals surface area (Å²) < 4.78 is 26.6. The van der Waals surface area contributed by atoms with Gasteiger partial charge in [-0.15, -0.1) is 0 Å². The molecule has 0 aliphatic carbocycles. The molecule has 0 unspecified atom stereocenters. The quantitative estimate of drug-likeness (QED) is 0.628. The first kappa shape index (κ1) is 21.6. The first-order valence-electron chi connectivity index (χ1n) is 9.02. The Balaban J connectivity index is 2.04. The summed E-state index contributed by atoms with van der Waals surface area (Å²) in [4.78, 5) is 23.8. The van der Waals surface area contributed by atoms with Crippen molar-refractivity contribution < 1.29 is 18.0 Å². The molecular formula is C20H25N3O4S. The zero-order valence-electron chi connectivity index (χ0n) is 16.2. The van der Waals surface area contributed by atoms with Crippen molar-refractivity contribution in [3.8, 4) is 0 Å². The van der Waals surface area contributed by atoms with Crippen LogP contribution in [0.25, 0.3) is 0 Å². The Hall–Kier alpha value is -2.71. The van der Waals surface area contributed by atoms with E-state index in [4.69, 9.17) is 0 Å². The lowest BCUT2D eigenvalue weighted by Gasteiger charge is -2.19. The second kappa shape index (κ2) is 9.48. The molecule has 0 aromatic heterocycles. The zero-order valence-corrected chi connectivity index (χ0v) is 17.0. The molecule has 0 aliphatic heterocycles. The number of carbonyl (C=O) groups excluding carboxylic acids is 2. The summed E-state index contributed by atoms with van der Waals surface area (Å²) in [5, 5.41) is 5.64. The number of nitrogens with one attached hydrogen (secondary N) is 2. The van der Waals surface area contributed by atoms with Gasteiger partial charge >= 0.3 is 0 Å². The molecule has 0 aliphatic rings. The molecule has 8 heteroatoms. The second-order valence-corrected chi connectivity index (χ2v) is 8.09. The van der Waals surface area contributed by atoms with E-state index >= 15 is 0 Å². The molecule has 0 atom stereocenters. The van der Waals surface area contributed by atoms with Gasteiger partial charge in [-0.2, -0.15) is 4.31 Å². The molecule has 0 bridgehead atoms. The zero-order chi connectivity index (χ0) is 20.7. The average Bonchev–Trinajstić information content (AvgIpc) is 2.67. The number of rotatable bonds is 9. The highest BCUT2D eigenvalue weighted by Gasteiger charge is 2.21. The van der Waals surface area contributed by atoms with Crippen molar-refractivity contribution in [2.75, 3.05) is 30.3 Å². The summed E-state index contributed by atoms with van der Waals surface area (Å²) in [6, 6.07) is 13.1. The maximum absolute atomic E-state index is 12.6. The van der Waals surface area contributed by atoms with Crippen LogP contribution in [0.5, 0.6) is 0 Å². The molecule has 0 radical (unpaired) electrons. The molecular weight excluding hydrogens is 378 g/mol. The molecule has 2 N–H and O–H groups in total. The van der Waals surface area contributed by atoms with Crippen molar-refractivity contribution >= 4 is 33.1 Å². The number of nitrogens with zero attached hydrogens (tertiary/aromatic N) is 1. The summed E-state index contributed by atoms with van der Waals surface area (Å²) in [7, 11) is -3.56. The molecule has 2 aromatic rings. The van der Waals surface area contributed by atoms with E-state index in [1.54, 1.807) is 50.2 Å². The molecule has 0 saturated heterocycles. The highest BCUT2D eigenvalue weighted by Crippen LogP contribution is 2.19. The number of Topliss-reactive ketones (excluding diaryl/α,β-unsaturated/α-hetero) is 1. The molecule has 0 fully saturated rings. The molecule has 150 valence electrons. The molecule has 0 heterocycles. The third kappa shape index (κ3) is 5.40. The van der Waals surface area contributed by atoms with Crippen LogP contribution in [0.1, 0.15) is 31.1 Å². The van der Waals surface area contributed by atoms with Crippen LogP contribution >= 0.6 is 0 Å². The molecule has 7 nitrogen and oxygen atoms in total. The van der Waals surface area contributed by atoms with Crippen molar-refractivity contribution in [1.82, 2.24) is 4.31 Å². The van der Waals surface area contributed by atoms with E-state index in [9.17, 15) is 18.0 Å². The summed E-state index contributed by atoms with van der Waals surface area (Å²) in [5.74, 6) is -0.391. The predicted octanol–water partition coefficient (Wildman–Crippen LogP) is 2.97. The van der Waals surface area contributed by atoms with Crippen molar-refractivity contribution in [2.45, 2.75) is 25.7 Å². The topological polar surface area (TPSA) is 95.6 Å². The Bertz CT molecular complexity index is 953. The standard InChI is InChI=1S/C20H25N3O4S/c1-4-23(5-2)28(26,27)19-11-7-9-17(13-19)21-14-20(25)22-18-10-6-8-16(12-18)15(3)24/h6-13,21H,4-5,14H2,1-3H3,(H,22,25). The smallest absolute Gasteiger partial charge is 0.243 e. The Morgan fingerprint density at radius 2 is 1.61 bits per heavy atom. The number of amides is 1. The fourth-order valence-corrected chi connectivity index (χ4v) is 4.19. The third-order valence-corrected chi connectivity index (χ3v) is 6.23. The molecule has 2 rings (SSSR count). The normalized spacial score (nSPS) is 11.3. The number of hydrogen-bond donors (Lipinski definition) is 2. The molecule has 0 spiro atoms. The Kier molecular flexibility index (Phi) is 7.31. The van der Waals surface area contributed by atoms with Gasteiger partial charge in [0.1, 0.15) is 0 Å². The first-order valence-corrected chi connectivity index (χ1v) is 10.5. The Labute approximate surface area is 165 Å². The lowest BCUT2D eigenvalue weighted by molar-refractivity contribution is -0.114. The monoisotopic (exact) mass is 403 g/mol. The van der Waals surface area contributed by atoms with Crippen LogP contribution in [0.2, 0.25) is 0 Å². The first-order chi connectivity index (χ1) is 13.3. The van der Waals surface area contributed by atoms with Crippen molar-refractivity contribution in [1.29, 1.82) is 0 Å². The molecule has 1 amide bonds. The van der Waals surface area contributed by atoms with Gasteiger partial charge < -0.3 is 10.6 Å². The maximum Gasteiger partial charge on any atom is 0.243 e. The van der Waals surface area contributed by atoms with Crippen LogP contribution in [0, 0.1) is 0 Å².